The molecular weight excluding hydrogens is 327 g/mol. The highest BCUT2D eigenvalue weighted by Gasteiger charge is 2.42. The topological polar surface area (TPSA) is 87.5 Å². The summed E-state index contributed by atoms with van der Waals surface area (Å²) in [4.78, 5) is 30.3. The van der Waals surface area contributed by atoms with Gasteiger partial charge in [0, 0.05) is 25.8 Å². The van der Waals surface area contributed by atoms with Crippen molar-refractivity contribution in [2.75, 3.05) is 25.5 Å². The van der Waals surface area contributed by atoms with Crippen LogP contribution in [0, 0.1) is 5.82 Å². The van der Waals surface area contributed by atoms with E-state index in [-0.39, 0.29) is 23.3 Å². The molecule has 0 radical (unpaired) electrons. The minimum atomic E-state index is -0.900. The lowest BCUT2D eigenvalue weighted by Gasteiger charge is -2.41. The predicted octanol–water partition coefficient (Wildman–Crippen LogP) is 1.65. The van der Waals surface area contributed by atoms with Gasteiger partial charge in [0.15, 0.2) is 12.1 Å². The molecule has 0 aliphatic carbocycles. The standard InChI is InChI=1S/C17H19FN4O3/c1-19-16(24)17(21-13-4-2-3-12(18)9-13)5-7-22(8-6-17)15(23)14-10-25-11-20-14/h2-4,9-11,21H,5-8H2,1H3,(H,19,24). The first kappa shape index (κ1) is 16.9. The number of oxazole rings is 1. The van der Waals surface area contributed by atoms with E-state index in [4.69, 9.17) is 4.42 Å². The lowest BCUT2D eigenvalue weighted by Crippen LogP contribution is -2.58. The molecule has 0 atom stereocenters. The lowest BCUT2D eigenvalue weighted by atomic mass is 9.86. The van der Waals surface area contributed by atoms with E-state index >= 15 is 0 Å². The number of benzene rings is 1. The molecule has 1 aliphatic rings. The van der Waals surface area contributed by atoms with E-state index in [1.807, 2.05) is 0 Å². The highest BCUT2D eigenvalue weighted by Crippen LogP contribution is 2.28. The van der Waals surface area contributed by atoms with Crippen LogP contribution in [0.3, 0.4) is 0 Å². The van der Waals surface area contributed by atoms with Crippen LogP contribution in [0.1, 0.15) is 23.3 Å². The van der Waals surface area contributed by atoms with Gasteiger partial charge in [0.2, 0.25) is 5.91 Å². The van der Waals surface area contributed by atoms with Crippen LogP contribution in [-0.4, -0.2) is 47.4 Å². The minimum Gasteiger partial charge on any atom is -0.451 e. The molecule has 2 amide bonds. The van der Waals surface area contributed by atoms with Crippen LogP contribution in [0.15, 0.2) is 41.3 Å². The number of likely N-dealkylation sites (N-methyl/N-ethyl adjacent to an activating group) is 1. The van der Waals surface area contributed by atoms with Crippen molar-refractivity contribution in [2.45, 2.75) is 18.4 Å². The Morgan fingerprint density at radius 3 is 2.68 bits per heavy atom. The van der Waals surface area contributed by atoms with Gasteiger partial charge >= 0.3 is 0 Å². The first-order chi connectivity index (χ1) is 12.0. The summed E-state index contributed by atoms with van der Waals surface area (Å²) in [6.45, 7) is 0.753. The second-order valence-corrected chi connectivity index (χ2v) is 5.96. The van der Waals surface area contributed by atoms with E-state index in [1.54, 1.807) is 24.1 Å². The number of likely N-dealkylation sites (tertiary alicyclic amines) is 1. The van der Waals surface area contributed by atoms with Crippen molar-refractivity contribution in [3.63, 3.8) is 0 Å². The van der Waals surface area contributed by atoms with E-state index < -0.39 is 5.54 Å². The van der Waals surface area contributed by atoms with Crippen LogP contribution >= 0.6 is 0 Å². The molecule has 1 aromatic carbocycles. The van der Waals surface area contributed by atoms with Crippen molar-refractivity contribution in [1.29, 1.82) is 0 Å². The normalized spacial score (nSPS) is 16.3. The Morgan fingerprint density at radius 1 is 1.32 bits per heavy atom. The van der Waals surface area contributed by atoms with Crippen LogP contribution in [0.2, 0.25) is 0 Å². The summed E-state index contributed by atoms with van der Waals surface area (Å²) >= 11 is 0. The molecule has 1 aromatic heterocycles. The number of amides is 2. The largest absolute Gasteiger partial charge is 0.451 e. The zero-order valence-corrected chi connectivity index (χ0v) is 13.8. The molecule has 25 heavy (non-hydrogen) atoms. The summed E-state index contributed by atoms with van der Waals surface area (Å²) in [5, 5.41) is 5.81. The van der Waals surface area contributed by atoms with Crippen LogP contribution in [0.5, 0.6) is 0 Å². The number of hydrogen-bond acceptors (Lipinski definition) is 5. The molecule has 8 heteroatoms. The van der Waals surface area contributed by atoms with Gasteiger partial charge in [-0.25, -0.2) is 9.37 Å². The van der Waals surface area contributed by atoms with Gasteiger partial charge in [0.25, 0.3) is 5.91 Å². The Kier molecular flexibility index (Phi) is 4.69. The Balaban J connectivity index is 1.75. The van der Waals surface area contributed by atoms with E-state index in [0.29, 0.717) is 31.6 Å². The fraction of sp³-hybridized carbons (Fsp3) is 0.353. The quantitative estimate of drug-likeness (QED) is 0.879. The smallest absolute Gasteiger partial charge is 0.275 e. The molecule has 2 N–H and O–H groups in total. The van der Waals surface area contributed by atoms with Crippen molar-refractivity contribution in [2.24, 2.45) is 0 Å². The monoisotopic (exact) mass is 346 g/mol. The summed E-state index contributed by atoms with van der Waals surface area (Å²) in [6, 6.07) is 5.98. The number of hydrogen-bond donors (Lipinski definition) is 2. The number of rotatable bonds is 4. The third-order valence-corrected chi connectivity index (χ3v) is 4.43. The number of piperidine rings is 1. The molecule has 2 aromatic rings. The van der Waals surface area contributed by atoms with Gasteiger partial charge < -0.3 is 20.0 Å². The Labute approximate surface area is 144 Å². The molecular formula is C17H19FN4O3. The molecule has 1 saturated heterocycles. The van der Waals surface area contributed by atoms with E-state index in [1.165, 1.54) is 24.8 Å². The van der Waals surface area contributed by atoms with Gasteiger partial charge in [-0.2, -0.15) is 0 Å². The highest BCUT2D eigenvalue weighted by atomic mass is 19.1. The summed E-state index contributed by atoms with van der Waals surface area (Å²) in [6.07, 6.45) is 3.30. The Hall–Kier alpha value is -2.90. The molecule has 0 saturated carbocycles. The summed E-state index contributed by atoms with van der Waals surface area (Å²) in [5.41, 5.74) is -0.131. The highest BCUT2D eigenvalue weighted by molar-refractivity contribution is 5.93. The summed E-state index contributed by atoms with van der Waals surface area (Å²) in [7, 11) is 1.56. The van der Waals surface area contributed by atoms with Gasteiger partial charge in [-0.15, -0.1) is 0 Å². The maximum atomic E-state index is 13.4. The average Bonchev–Trinajstić information content (AvgIpc) is 3.15. The van der Waals surface area contributed by atoms with Crippen molar-refractivity contribution >= 4 is 17.5 Å². The molecule has 0 spiro atoms. The summed E-state index contributed by atoms with van der Waals surface area (Å²) < 4.78 is 18.3. The zero-order chi connectivity index (χ0) is 17.9. The van der Waals surface area contributed by atoms with Gasteiger partial charge in [0.05, 0.1) is 0 Å². The second kappa shape index (κ2) is 6.92. The number of carbonyl (C=O) groups excluding carboxylic acids is 2. The number of nitrogens with one attached hydrogen (secondary N) is 2. The van der Waals surface area contributed by atoms with E-state index in [2.05, 4.69) is 15.6 Å². The van der Waals surface area contributed by atoms with Crippen molar-refractivity contribution in [3.05, 3.63) is 48.4 Å². The van der Waals surface area contributed by atoms with Gasteiger partial charge in [0.1, 0.15) is 17.6 Å². The molecule has 3 rings (SSSR count). The van der Waals surface area contributed by atoms with Crippen molar-refractivity contribution < 1.29 is 18.4 Å². The van der Waals surface area contributed by atoms with Crippen LogP contribution < -0.4 is 10.6 Å². The molecule has 7 nitrogen and oxygen atoms in total. The van der Waals surface area contributed by atoms with Gasteiger partial charge in [-0.3, -0.25) is 9.59 Å². The number of carbonyl (C=O) groups is 2. The number of nitrogens with zero attached hydrogens (tertiary/aromatic N) is 2. The third kappa shape index (κ3) is 3.47. The van der Waals surface area contributed by atoms with Crippen LogP contribution in [0.25, 0.3) is 0 Å². The fourth-order valence-corrected chi connectivity index (χ4v) is 3.06. The van der Waals surface area contributed by atoms with Crippen molar-refractivity contribution in [1.82, 2.24) is 15.2 Å². The number of halogens is 1. The van der Waals surface area contributed by atoms with Crippen molar-refractivity contribution in [3.8, 4) is 0 Å². The zero-order valence-electron chi connectivity index (χ0n) is 13.8. The molecule has 0 unspecified atom stereocenters. The van der Waals surface area contributed by atoms with E-state index in [0.717, 1.165) is 0 Å². The molecule has 1 fully saturated rings. The first-order valence-corrected chi connectivity index (χ1v) is 7.97. The predicted molar refractivity (Wildman–Crippen MR) is 88.5 cm³/mol. The molecule has 0 bridgehead atoms. The summed E-state index contributed by atoms with van der Waals surface area (Å²) in [5.74, 6) is -0.800. The first-order valence-electron chi connectivity index (χ1n) is 7.97. The SMILES string of the molecule is CNC(=O)C1(Nc2cccc(F)c2)CCN(C(=O)c2cocn2)CC1. The molecule has 2 heterocycles. The van der Waals surface area contributed by atoms with Crippen LogP contribution in [0.4, 0.5) is 10.1 Å². The van der Waals surface area contributed by atoms with Gasteiger partial charge in [-0.05, 0) is 31.0 Å². The average molecular weight is 346 g/mol. The molecule has 1 aliphatic heterocycles. The number of aromatic nitrogens is 1. The third-order valence-electron chi connectivity index (χ3n) is 4.43. The van der Waals surface area contributed by atoms with E-state index in [9.17, 15) is 14.0 Å². The second-order valence-electron chi connectivity index (χ2n) is 5.96. The molecule has 132 valence electrons. The maximum absolute atomic E-state index is 13.4. The van der Waals surface area contributed by atoms with Gasteiger partial charge in [-0.1, -0.05) is 6.07 Å². The number of anilines is 1. The Morgan fingerprint density at radius 2 is 2.08 bits per heavy atom. The minimum absolute atomic E-state index is 0.190. The lowest BCUT2D eigenvalue weighted by molar-refractivity contribution is -0.126. The van der Waals surface area contributed by atoms with Crippen LogP contribution in [-0.2, 0) is 4.79 Å². The fourth-order valence-electron chi connectivity index (χ4n) is 3.06. The Bertz CT molecular complexity index is 755. The maximum Gasteiger partial charge on any atom is 0.275 e.